The summed E-state index contributed by atoms with van der Waals surface area (Å²) in [5.41, 5.74) is 3.44. The lowest BCUT2D eigenvalue weighted by atomic mass is 9.93. The third-order valence-corrected chi connectivity index (χ3v) is 5.31. The summed E-state index contributed by atoms with van der Waals surface area (Å²) < 4.78 is 1.82. The molecule has 0 unspecified atom stereocenters. The van der Waals surface area contributed by atoms with Gasteiger partial charge in [-0.05, 0) is 36.1 Å². The predicted molar refractivity (Wildman–Crippen MR) is 109 cm³/mol. The van der Waals surface area contributed by atoms with Gasteiger partial charge in [-0.25, -0.2) is 0 Å². The minimum Gasteiger partial charge on any atom is -0.374 e. The Bertz CT molecular complexity index is 1040. The topological polar surface area (TPSA) is 80.4 Å². The van der Waals surface area contributed by atoms with Gasteiger partial charge >= 0.3 is 0 Å². The minimum absolute atomic E-state index is 0.0522. The van der Waals surface area contributed by atoms with Gasteiger partial charge in [-0.3, -0.25) is 14.9 Å². The summed E-state index contributed by atoms with van der Waals surface area (Å²) in [4.78, 5) is 25.2. The summed E-state index contributed by atoms with van der Waals surface area (Å²) in [5.74, 6) is 0.310. The maximum Gasteiger partial charge on any atom is 0.270 e. The highest BCUT2D eigenvalue weighted by Crippen LogP contribution is 2.28. The third kappa shape index (κ3) is 3.55. The number of carbonyl (C=O) groups excluding carboxylic acids is 1. The fourth-order valence-electron chi connectivity index (χ4n) is 3.96. The zero-order chi connectivity index (χ0) is 19.7. The van der Waals surface area contributed by atoms with Crippen molar-refractivity contribution >= 4 is 28.2 Å². The Morgan fingerprint density at radius 1 is 1.25 bits per heavy atom. The molecule has 7 heteroatoms. The lowest BCUT2D eigenvalue weighted by Gasteiger charge is -2.33. The van der Waals surface area contributed by atoms with Crippen molar-refractivity contribution in [3.63, 3.8) is 0 Å². The molecule has 0 bridgehead atoms. The van der Waals surface area contributed by atoms with Crippen LogP contribution in [0, 0.1) is 16.0 Å². The maximum absolute atomic E-state index is 12.4. The molecule has 1 aliphatic rings. The quantitative estimate of drug-likeness (QED) is 0.547. The highest BCUT2D eigenvalue weighted by Gasteiger charge is 2.22. The van der Waals surface area contributed by atoms with E-state index in [1.807, 2.05) is 10.6 Å². The Hall–Kier alpha value is -3.35. The van der Waals surface area contributed by atoms with Crippen molar-refractivity contribution in [2.24, 2.45) is 5.92 Å². The number of anilines is 1. The van der Waals surface area contributed by atoms with E-state index in [4.69, 9.17) is 0 Å². The van der Waals surface area contributed by atoms with Gasteiger partial charge in [0.15, 0.2) is 0 Å². The van der Waals surface area contributed by atoms with Crippen molar-refractivity contribution in [2.45, 2.75) is 13.0 Å². The molecule has 1 atom stereocenters. The van der Waals surface area contributed by atoms with Crippen molar-refractivity contribution in [3.05, 3.63) is 70.4 Å². The van der Waals surface area contributed by atoms with E-state index in [1.165, 1.54) is 23.4 Å². The van der Waals surface area contributed by atoms with Crippen molar-refractivity contribution in [1.82, 2.24) is 9.88 Å². The molecule has 1 N–H and O–H groups in total. The van der Waals surface area contributed by atoms with Crippen LogP contribution in [-0.2, 0) is 17.8 Å². The molecule has 144 valence electrons. The first-order valence-corrected chi connectivity index (χ1v) is 9.30. The monoisotopic (exact) mass is 378 g/mol. The number of hydrogen-bond acceptors (Lipinski definition) is 4. The van der Waals surface area contributed by atoms with Crippen LogP contribution in [0.3, 0.4) is 0 Å². The average molecular weight is 378 g/mol. The van der Waals surface area contributed by atoms with Gasteiger partial charge in [0.25, 0.3) is 5.69 Å². The number of nitrogens with zero attached hydrogens (tertiary/aromatic N) is 3. The number of hydrogen-bond donors (Lipinski definition) is 1. The molecule has 7 nitrogen and oxygen atoms in total. The fourth-order valence-corrected chi connectivity index (χ4v) is 3.96. The number of nitro benzene ring substituents is 1. The third-order valence-electron chi connectivity index (χ3n) is 5.31. The zero-order valence-electron chi connectivity index (χ0n) is 15.7. The molecule has 0 saturated heterocycles. The number of amides is 1. The van der Waals surface area contributed by atoms with Gasteiger partial charge in [0.2, 0.25) is 5.91 Å². The van der Waals surface area contributed by atoms with Gasteiger partial charge in [-0.1, -0.05) is 18.2 Å². The molecule has 0 fully saturated rings. The highest BCUT2D eigenvalue weighted by molar-refractivity contribution is 5.85. The molecule has 0 aliphatic carbocycles. The fraction of sp³-hybridized carbons (Fsp3) is 0.286. The second-order valence-corrected chi connectivity index (χ2v) is 7.33. The molecule has 0 spiro atoms. The molecule has 2 aromatic carbocycles. The number of aromatic nitrogens is 1. The van der Waals surface area contributed by atoms with Crippen molar-refractivity contribution < 1.29 is 9.72 Å². The molecule has 1 aromatic heterocycles. The van der Waals surface area contributed by atoms with Crippen LogP contribution in [0.1, 0.15) is 5.56 Å². The standard InChI is InChI=1S/C21H22N4O3/c1-23-13-15(10-16-4-2-3-5-19(16)23)12-22-21(26)14-24-9-8-17-11-18(25(27)28)6-7-20(17)24/h2-9,11,15H,10,12-14H2,1H3,(H,22,26)/t15-/m1/s1. The molecule has 2 heterocycles. The summed E-state index contributed by atoms with van der Waals surface area (Å²) in [6, 6.07) is 14.8. The smallest absolute Gasteiger partial charge is 0.270 e. The molecule has 3 aromatic rings. The zero-order valence-corrected chi connectivity index (χ0v) is 15.7. The van der Waals surface area contributed by atoms with E-state index < -0.39 is 4.92 Å². The van der Waals surface area contributed by atoms with Crippen LogP contribution in [0.25, 0.3) is 10.9 Å². The van der Waals surface area contributed by atoms with Crippen LogP contribution in [0.4, 0.5) is 11.4 Å². The summed E-state index contributed by atoms with van der Waals surface area (Å²) in [6.07, 6.45) is 2.75. The SMILES string of the molecule is CN1C[C@@H](CNC(=O)Cn2ccc3cc([N+](=O)[O-])ccc32)Cc2ccccc21. The lowest BCUT2D eigenvalue weighted by Crippen LogP contribution is -2.40. The number of nitrogens with one attached hydrogen (secondary N) is 1. The summed E-state index contributed by atoms with van der Waals surface area (Å²) in [7, 11) is 2.08. The van der Waals surface area contributed by atoms with E-state index in [1.54, 1.807) is 18.3 Å². The van der Waals surface area contributed by atoms with Crippen LogP contribution in [0.15, 0.2) is 54.7 Å². The van der Waals surface area contributed by atoms with Gasteiger partial charge in [-0.2, -0.15) is 0 Å². The lowest BCUT2D eigenvalue weighted by molar-refractivity contribution is -0.384. The Balaban J connectivity index is 1.38. The number of non-ortho nitro benzene ring substituents is 1. The minimum atomic E-state index is -0.414. The first-order valence-electron chi connectivity index (χ1n) is 9.30. The van der Waals surface area contributed by atoms with Gasteiger partial charge < -0.3 is 14.8 Å². The Morgan fingerprint density at radius 2 is 2.07 bits per heavy atom. The van der Waals surface area contributed by atoms with E-state index >= 15 is 0 Å². The number of rotatable bonds is 5. The van der Waals surface area contributed by atoms with Crippen molar-refractivity contribution in [2.75, 3.05) is 25.0 Å². The first-order chi connectivity index (χ1) is 13.5. The Kier molecular flexibility index (Phi) is 4.73. The number of para-hydroxylation sites is 1. The molecule has 1 aliphatic heterocycles. The van der Waals surface area contributed by atoms with E-state index in [9.17, 15) is 14.9 Å². The molecule has 1 amide bonds. The van der Waals surface area contributed by atoms with Crippen LogP contribution < -0.4 is 10.2 Å². The van der Waals surface area contributed by atoms with Gasteiger partial charge in [0.1, 0.15) is 6.54 Å². The predicted octanol–water partition coefficient (Wildman–Crippen LogP) is 2.97. The summed E-state index contributed by atoms with van der Waals surface area (Å²) in [5, 5.41) is 14.7. The van der Waals surface area contributed by atoms with Crippen LogP contribution in [0.2, 0.25) is 0 Å². The average Bonchev–Trinajstić information content (AvgIpc) is 3.08. The van der Waals surface area contributed by atoms with Crippen molar-refractivity contribution in [3.8, 4) is 0 Å². The van der Waals surface area contributed by atoms with Crippen LogP contribution in [0.5, 0.6) is 0 Å². The summed E-state index contributed by atoms with van der Waals surface area (Å²) in [6.45, 7) is 1.73. The largest absolute Gasteiger partial charge is 0.374 e. The first kappa shape index (κ1) is 18.0. The van der Waals surface area contributed by atoms with E-state index in [-0.39, 0.29) is 18.1 Å². The Labute approximate surface area is 162 Å². The van der Waals surface area contributed by atoms with Gasteiger partial charge in [0.05, 0.1) is 4.92 Å². The molecular formula is C21H22N4O3. The number of carbonyl (C=O) groups is 1. The van der Waals surface area contributed by atoms with Crippen molar-refractivity contribution in [1.29, 1.82) is 0 Å². The maximum atomic E-state index is 12.4. The second-order valence-electron chi connectivity index (χ2n) is 7.33. The van der Waals surface area contributed by atoms with E-state index in [0.717, 1.165) is 23.9 Å². The highest BCUT2D eigenvalue weighted by atomic mass is 16.6. The number of nitro groups is 1. The van der Waals surface area contributed by atoms with Gasteiger partial charge in [0, 0.05) is 55.1 Å². The van der Waals surface area contributed by atoms with Crippen LogP contribution >= 0.6 is 0 Å². The number of benzene rings is 2. The molecule has 0 radical (unpaired) electrons. The van der Waals surface area contributed by atoms with E-state index in [0.29, 0.717) is 12.5 Å². The van der Waals surface area contributed by atoms with Gasteiger partial charge in [-0.15, -0.1) is 0 Å². The summed E-state index contributed by atoms with van der Waals surface area (Å²) >= 11 is 0. The molecule has 0 saturated carbocycles. The number of fused-ring (bicyclic) bond motifs is 2. The molecular weight excluding hydrogens is 356 g/mol. The second kappa shape index (κ2) is 7.34. The molecule has 28 heavy (non-hydrogen) atoms. The van der Waals surface area contributed by atoms with E-state index in [2.05, 4.69) is 35.5 Å². The normalized spacial score (nSPS) is 16.0. The molecule has 4 rings (SSSR count). The van der Waals surface area contributed by atoms with Crippen LogP contribution in [-0.4, -0.2) is 35.5 Å². The Morgan fingerprint density at radius 3 is 2.89 bits per heavy atom.